The molecule has 8 heteroatoms. The van der Waals surface area contributed by atoms with E-state index in [1.165, 1.54) is 11.1 Å². The van der Waals surface area contributed by atoms with Gasteiger partial charge in [-0.2, -0.15) is 5.10 Å². The van der Waals surface area contributed by atoms with Crippen molar-refractivity contribution in [3.8, 4) is 0 Å². The van der Waals surface area contributed by atoms with Gasteiger partial charge in [-0.1, -0.05) is 24.3 Å². The van der Waals surface area contributed by atoms with Gasteiger partial charge in [-0.05, 0) is 37.0 Å². The molecule has 0 amide bonds. The lowest BCUT2D eigenvalue weighted by atomic mass is 10.1. The summed E-state index contributed by atoms with van der Waals surface area (Å²) < 4.78 is 12.4. The van der Waals surface area contributed by atoms with Gasteiger partial charge >= 0.3 is 0 Å². The number of benzene rings is 1. The van der Waals surface area contributed by atoms with E-state index in [1.54, 1.807) is 13.3 Å². The summed E-state index contributed by atoms with van der Waals surface area (Å²) in [5, 5.41) is 11.0. The molecule has 29 heavy (non-hydrogen) atoms. The number of rotatable bonds is 13. The summed E-state index contributed by atoms with van der Waals surface area (Å²) in [5.74, 6) is 0.844. The topological polar surface area (TPSA) is 72.7 Å². The van der Waals surface area contributed by atoms with Gasteiger partial charge in [0.25, 0.3) is 0 Å². The standard InChI is InChI=1S/C21H33N5O2.HI/c1-3-22-21(23-11-6-7-14-28-16-15-27-2)24-17-19-9-4-5-10-20(19)18-26-13-8-12-25-26;/h4-5,8-10,12-13H,3,6-7,11,14-18H2,1-2H3,(H2,22,23,24);1H. The Labute approximate surface area is 191 Å². The fourth-order valence-electron chi connectivity index (χ4n) is 2.72. The van der Waals surface area contributed by atoms with Crippen LogP contribution >= 0.6 is 24.0 Å². The number of nitrogens with zero attached hydrogens (tertiary/aromatic N) is 3. The Morgan fingerprint density at radius 3 is 2.62 bits per heavy atom. The predicted octanol–water partition coefficient (Wildman–Crippen LogP) is 3.05. The Bertz CT molecular complexity index is 679. The van der Waals surface area contributed by atoms with E-state index in [2.05, 4.69) is 46.9 Å². The molecule has 0 saturated carbocycles. The molecule has 2 rings (SSSR count). The Balaban J connectivity index is 0.00000420. The van der Waals surface area contributed by atoms with Gasteiger partial charge in [0.05, 0.1) is 26.3 Å². The van der Waals surface area contributed by atoms with Crippen molar-refractivity contribution in [3.63, 3.8) is 0 Å². The maximum atomic E-state index is 5.48. The molecule has 162 valence electrons. The van der Waals surface area contributed by atoms with Crippen LogP contribution in [0.25, 0.3) is 0 Å². The van der Waals surface area contributed by atoms with Crippen molar-refractivity contribution in [2.75, 3.05) is 40.0 Å². The normalized spacial score (nSPS) is 11.2. The summed E-state index contributed by atoms with van der Waals surface area (Å²) >= 11 is 0. The van der Waals surface area contributed by atoms with Crippen LogP contribution in [0.5, 0.6) is 0 Å². The lowest BCUT2D eigenvalue weighted by molar-refractivity contribution is 0.0689. The average Bonchev–Trinajstić information content (AvgIpc) is 3.22. The Kier molecular flexibility index (Phi) is 14.2. The van der Waals surface area contributed by atoms with E-state index in [0.717, 1.165) is 45.0 Å². The van der Waals surface area contributed by atoms with E-state index < -0.39 is 0 Å². The summed E-state index contributed by atoms with van der Waals surface area (Å²) in [6, 6.07) is 10.3. The molecule has 0 aliphatic rings. The molecule has 1 heterocycles. The van der Waals surface area contributed by atoms with Crippen LogP contribution in [0.1, 0.15) is 30.9 Å². The van der Waals surface area contributed by atoms with E-state index in [9.17, 15) is 0 Å². The van der Waals surface area contributed by atoms with Gasteiger partial charge < -0.3 is 20.1 Å². The van der Waals surface area contributed by atoms with Crippen molar-refractivity contribution in [2.24, 2.45) is 4.99 Å². The first kappa shape index (κ1) is 25.4. The van der Waals surface area contributed by atoms with Crippen molar-refractivity contribution >= 4 is 29.9 Å². The van der Waals surface area contributed by atoms with Gasteiger partial charge in [0, 0.05) is 39.2 Å². The summed E-state index contributed by atoms with van der Waals surface area (Å²) in [5.41, 5.74) is 2.45. The highest BCUT2D eigenvalue weighted by molar-refractivity contribution is 14.0. The Morgan fingerprint density at radius 1 is 1.07 bits per heavy atom. The highest BCUT2D eigenvalue weighted by Gasteiger charge is 2.04. The molecule has 0 atom stereocenters. The summed E-state index contributed by atoms with van der Waals surface area (Å²) in [4.78, 5) is 4.75. The van der Waals surface area contributed by atoms with Crippen molar-refractivity contribution in [2.45, 2.75) is 32.9 Å². The van der Waals surface area contributed by atoms with Crippen LogP contribution in [0, 0.1) is 0 Å². The number of nitrogens with one attached hydrogen (secondary N) is 2. The smallest absolute Gasteiger partial charge is 0.191 e. The fourth-order valence-corrected chi connectivity index (χ4v) is 2.72. The zero-order valence-electron chi connectivity index (χ0n) is 17.5. The van der Waals surface area contributed by atoms with Crippen LogP contribution in [0.2, 0.25) is 0 Å². The molecule has 0 radical (unpaired) electrons. The molecule has 0 spiro atoms. The predicted molar refractivity (Wildman–Crippen MR) is 128 cm³/mol. The molecule has 0 aliphatic heterocycles. The molecular formula is C21H34IN5O2. The van der Waals surface area contributed by atoms with Gasteiger partial charge in [0.15, 0.2) is 5.96 Å². The molecule has 0 bridgehead atoms. The van der Waals surface area contributed by atoms with Crippen LogP contribution in [-0.4, -0.2) is 55.8 Å². The molecule has 0 saturated heterocycles. The molecule has 1 aromatic carbocycles. The molecule has 0 aliphatic carbocycles. The second kappa shape index (κ2) is 16.2. The Hall–Kier alpha value is -1.65. The van der Waals surface area contributed by atoms with Crippen LogP contribution in [-0.2, 0) is 22.6 Å². The van der Waals surface area contributed by atoms with E-state index in [-0.39, 0.29) is 24.0 Å². The SMILES string of the molecule is CCNC(=NCc1ccccc1Cn1cccn1)NCCCCOCCOC.I. The zero-order chi connectivity index (χ0) is 19.9. The van der Waals surface area contributed by atoms with E-state index in [4.69, 9.17) is 14.5 Å². The maximum absolute atomic E-state index is 5.48. The van der Waals surface area contributed by atoms with Gasteiger partial charge in [-0.3, -0.25) is 4.68 Å². The third-order valence-electron chi connectivity index (χ3n) is 4.20. The summed E-state index contributed by atoms with van der Waals surface area (Å²) in [6.07, 6.45) is 5.83. The minimum absolute atomic E-state index is 0. The third-order valence-corrected chi connectivity index (χ3v) is 4.20. The number of halogens is 1. The zero-order valence-corrected chi connectivity index (χ0v) is 19.8. The van der Waals surface area contributed by atoms with Crippen molar-refractivity contribution in [1.82, 2.24) is 20.4 Å². The maximum Gasteiger partial charge on any atom is 0.191 e. The number of ether oxygens (including phenoxy) is 2. The highest BCUT2D eigenvalue weighted by Crippen LogP contribution is 2.11. The van der Waals surface area contributed by atoms with Crippen molar-refractivity contribution in [3.05, 3.63) is 53.9 Å². The van der Waals surface area contributed by atoms with Crippen LogP contribution < -0.4 is 10.6 Å². The molecule has 0 unspecified atom stereocenters. The fraction of sp³-hybridized carbons (Fsp3) is 0.524. The average molecular weight is 515 g/mol. The summed E-state index contributed by atoms with van der Waals surface area (Å²) in [7, 11) is 1.69. The van der Waals surface area contributed by atoms with E-state index in [1.807, 2.05) is 16.9 Å². The number of hydrogen-bond acceptors (Lipinski definition) is 4. The largest absolute Gasteiger partial charge is 0.382 e. The number of guanidine groups is 1. The van der Waals surface area contributed by atoms with E-state index >= 15 is 0 Å². The third kappa shape index (κ3) is 10.6. The Morgan fingerprint density at radius 2 is 1.90 bits per heavy atom. The monoisotopic (exact) mass is 515 g/mol. The van der Waals surface area contributed by atoms with Crippen molar-refractivity contribution in [1.29, 1.82) is 0 Å². The minimum Gasteiger partial charge on any atom is -0.382 e. The first-order valence-electron chi connectivity index (χ1n) is 9.96. The van der Waals surface area contributed by atoms with Crippen LogP contribution in [0.4, 0.5) is 0 Å². The minimum atomic E-state index is 0. The molecular weight excluding hydrogens is 481 g/mol. The van der Waals surface area contributed by atoms with Gasteiger partial charge in [0.1, 0.15) is 0 Å². The number of aliphatic imine (C=N–C) groups is 1. The highest BCUT2D eigenvalue weighted by atomic mass is 127. The van der Waals surface area contributed by atoms with Crippen LogP contribution in [0.3, 0.4) is 0 Å². The molecule has 1 aromatic heterocycles. The quantitative estimate of drug-likeness (QED) is 0.186. The first-order chi connectivity index (χ1) is 13.8. The molecule has 2 aromatic rings. The number of methoxy groups -OCH3 is 1. The van der Waals surface area contributed by atoms with Gasteiger partial charge in [-0.25, -0.2) is 4.99 Å². The molecule has 0 fully saturated rings. The summed E-state index contributed by atoms with van der Waals surface area (Å²) in [6.45, 7) is 7.24. The molecule has 7 nitrogen and oxygen atoms in total. The lowest BCUT2D eigenvalue weighted by Crippen LogP contribution is -2.37. The second-order valence-electron chi connectivity index (χ2n) is 6.41. The van der Waals surface area contributed by atoms with Crippen molar-refractivity contribution < 1.29 is 9.47 Å². The second-order valence-corrected chi connectivity index (χ2v) is 6.41. The van der Waals surface area contributed by atoms with Gasteiger partial charge in [-0.15, -0.1) is 24.0 Å². The first-order valence-corrected chi connectivity index (χ1v) is 9.96. The molecule has 2 N–H and O–H groups in total. The number of hydrogen-bond donors (Lipinski definition) is 2. The van der Waals surface area contributed by atoms with Crippen LogP contribution in [0.15, 0.2) is 47.7 Å². The van der Waals surface area contributed by atoms with Gasteiger partial charge in [0.2, 0.25) is 0 Å². The lowest BCUT2D eigenvalue weighted by Gasteiger charge is -2.13. The number of aromatic nitrogens is 2. The number of unbranched alkanes of at least 4 members (excludes halogenated alkanes) is 1. The van der Waals surface area contributed by atoms with E-state index in [0.29, 0.717) is 19.8 Å².